The number of hydrogen-bond donors (Lipinski definition) is 0. The lowest BCUT2D eigenvalue weighted by Gasteiger charge is -2.37. The first-order valence-corrected chi connectivity index (χ1v) is 31.1. The highest BCUT2D eigenvalue weighted by molar-refractivity contribution is 6.87. The van der Waals surface area contributed by atoms with Crippen molar-refractivity contribution in [1.29, 1.82) is 0 Å². The van der Waals surface area contributed by atoms with E-state index in [1.54, 1.807) is 0 Å². The molecule has 59 heavy (non-hydrogen) atoms. The monoisotopic (exact) mass is 898 g/mol. The molecule has 3 aromatic carbocycles. The third kappa shape index (κ3) is 17.7. The summed E-state index contributed by atoms with van der Waals surface area (Å²) >= 11 is 6.31. The molecule has 0 radical (unpaired) electrons. The Labute approximate surface area is 359 Å². The lowest BCUT2D eigenvalue weighted by Crippen LogP contribution is -2.51. The first kappa shape index (κ1) is 50.7. The normalized spacial score (nSPS) is 12.8. The highest BCUT2D eigenvalue weighted by atomic mass is 35.5. The van der Waals surface area contributed by atoms with Crippen LogP contribution < -0.4 is 14.2 Å². The van der Waals surface area contributed by atoms with E-state index in [1.807, 2.05) is 6.92 Å². The molecule has 1 unspecified atom stereocenters. The highest BCUT2D eigenvalue weighted by Gasteiger charge is 2.37. The van der Waals surface area contributed by atoms with E-state index in [2.05, 4.69) is 52.8 Å². The van der Waals surface area contributed by atoms with Crippen molar-refractivity contribution >= 4 is 42.8 Å². The van der Waals surface area contributed by atoms with Crippen LogP contribution in [0.2, 0.25) is 56.9 Å². The second kappa shape index (κ2) is 24.1. The minimum Gasteiger partial charge on any atom is -0.494 e. The van der Waals surface area contributed by atoms with Crippen LogP contribution in [0.1, 0.15) is 114 Å². The van der Waals surface area contributed by atoms with Crippen LogP contribution in [0, 0.1) is 23.3 Å². The molecular weight excluding hydrogens is 832 g/mol. The molecule has 0 aromatic heterocycles. The molecular formula is C45H67ClF4O6Si3. The van der Waals surface area contributed by atoms with E-state index < -0.39 is 65.7 Å². The molecule has 0 aliphatic heterocycles. The topological polar surface area (TPSA) is 63.2 Å². The fourth-order valence-corrected chi connectivity index (χ4v) is 20.7. The summed E-state index contributed by atoms with van der Waals surface area (Å²) < 4.78 is 90.3. The molecule has 3 rings (SSSR count). The molecule has 1 atom stereocenters. The Balaban J connectivity index is 1.40. The second-order valence-electron chi connectivity index (χ2n) is 17.6. The Kier molecular flexibility index (Phi) is 20.7. The van der Waals surface area contributed by atoms with Crippen LogP contribution in [0.4, 0.5) is 17.6 Å². The van der Waals surface area contributed by atoms with Crippen LogP contribution in [0.3, 0.4) is 0 Å². The van der Waals surface area contributed by atoms with Gasteiger partial charge in [-0.15, -0.1) is 0 Å². The molecule has 0 N–H and O–H groups in total. The molecule has 6 nitrogen and oxygen atoms in total. The molecule has 0 saturated heterocycles. The molecule has 0 heterocycles. The predicted octanol–water partition coefficient (Wildman–Crippen LogP) is 15.2. The maximum Gasteiger partial charge on any atom is 0.343 e. The predicted molar refractivity (Wildman–Crippen MR) is 239 cm³/mol. The van der Waals surface area contributed by atoms with Crippen LogP contribution in [-0.2, 0) is 8.23 Å². The van der Waals surface area contributed by atoms with Gasteiger partial charge < -0.3 is 22.4 Å². The molecule has 0 aliphatic rings. The summed E-state index contributed by atoms with van der Waals surface area (Å²) in [5.41, 5.74) is -1.22. The first-order valence-electron chi connectivity index (χ1n) is 21.4. The summed E-state index contributed by atoms with van der Waals surface area (Å²) in [4.78, 5) is 12.8. The molecule has 0 fully saturated rings. The summed E-state index contributed by atoms with van der Waals surface area (Å²) in [6.07, 6.45) is 15.3. The van der Waals surface area contributed by atoms with Crippen molar-refractivity contribution in [2.45, 2.75) is 162 Å². The van der Waals surface area contributed by atoms with E-state index in [1.165, 1.54) is 87.0 Å². The van der Waals surface area contributed by atoms with Gasteiger partial charge in [-0.05, 0) is 114 Å². The average molecular weight is 900 g/mol. The molecule has 330 valence electrons. The van der Waals surface area contributed by atoms with Gasteiger partial charge in [0.15, 0.2) is 28.3 Å². The van der Waals surface area contributed by atoms with Gasteiger partial charge in [-0.25, -0.2) is 13.6 Å². The summed E-state index contributed by atoms with van der Waals surface area (Å²) in [5.74, 6) is -9.01. The maximum absolute atomic E-state index is 15.3. The average Bonchev–Trinajstić information content (AvgIpc) is 3.14. The zero-order valence-corrected chi connectivity index (χ0v) is 40.5. The van der Waals surface area contributed by atoms with Gasteiger partial charge >= 0.3 is 14.5 Å². The number of carbonyl (C=O) groups is 1. The Morgan fingerprint density at radius 1 is 0.695 bits per heavy atom. The number of carbonyl (C=O) groups excluding carboxylic acids is 1. The SMILES string of the molecule is CCCCCCC(C)Oc1ccc(C(=O)Oc2c(F)c(F)c(-c3ccc(OCCCCCCCCCCC[Si](C)(C)O[Si](C)(C)O[Si](C)(C)C)cc3)c(F)c2F)cc1Cl. The van der Waals surface area contributed by atoms with Gasteiger partial charge in [-0.3, -0.25) is 0 Å². The van der Waals surface area contributed by atoms with Crippen molar-refractivity contribution in [3.05, 3.63) is 76.3 Å². The summed E-state index contributed by atoms with van der Waals surface area (Å²) in [5, 5.41) is 0.0750. The molecule has 0 amide bonds. The van der Waals surface area contributed by atoms with Crippen molar-refractivity contribution in [3.63, 3.8) is 0 Å². The number of hydrogen-bond acceptors (Lipinski definition) is 6. The number of unbranched alkanes of at least 4 members (excludes halogenated alkanes) is 11. The van der Waals surface area contributed by atoms with Crippen molar-refractivity contribution in [3.8, 4) is 28.4 Å². The van der Waals surface area contributed by atoms with Crippen LogP contribution in [-0.4, -0.2) is 43.9 Å². The van der Waals surface area contributed by atoms with Crippen LogP contribution in [0.15, 0.2) is 42.5 Å². The number of rotatable bonds is 27. The fraction of sp³-hybridized carbons (Fsp3) is 0.578. The second-order valence-corrected chi connectivity index (χ2v) is 30.6. The van der Waals surface area contributed by atoms with E-state index >= 15 is 17.6 Å². The Bertz CT molecular complexity index is 1740. The summed E-state index contributed by atoms with van der Waals surface area (Å²) in [6.45, 7) is 20.2. The van der Waals surface area contributed by atoms with Gasteiger partial charge in [-0.1, -0.05) is 101 Å². The minimum absolute atomic E-state index is 0.0750. The van der Waals surface area contributed by atoms with Crippen molar-refractivity contribution in [2.24, 2.45) is 0 Å². The molecule has 3 aromatic rings. The maximum atomic E-state index is 15.3. The van der Waals surface area contributed by atoms with Crippen molar-refractivity contribution in [1.82, 2.24) is 0 Å². The van der Waals surface area contributed by atoms with Gasteiger partial charge in [-0.2, -0.15) is 8.78 Å². The molecule has 0 saturated carbocycles. The molecule has 0 bridgehead atoms. The van der Waals surface area contributed by atoms with Crippen LogP contribution in [0.25, 0.3) is 11.1 Å². The minimum atomic E-state index is -2.09. The van der Waals surface area contributed by atoms with Gasteiger partial charge in [0.1, 0.15) is 11.5 Å². The summed E-state index contributed by atoms with van der Waals surface area (Å²) in [6, 6.07) is 10.7. The molecule has 0 aliphatic carbocycles. The van der Waals surface area contributed by atoms with E-state index in [0.29, 0.717) is 18.1 Å². The Morgan fingerprint density at radius 3 is 1.81 bits per heavy atom. The standard InChI is InChI=1S/C45H67ClF4O6Si3/c1-10-11-12-20-23-33(2)53-38-29-26-35(32-37(38)46)45(51)54-44-42(49)40(47)39(41(48)43(44)50)34-24-27-36(28-25-34)52-30-21-18-16-14-13-15-17-19-22-31-58(6,7)56-59(8,9)55-57(3,4)5/h24-29,32-33H,10-23,30-31H2,1-9H3. The molecule has 0 spiro atoms. The van der Waals surface area contributed by atoms with E-state index in [-0.39, 0.29) is 22.3 Å². The van der Waals surface area contributed by atoms with E-state index in [4.69, 9.17) is 34.0 Å². The first-order chi connectivity index (χ1) is 27.7. The van der Waals surface area contributed by atoms with Gasteiger partial charge in [0.2, 0.25) is 17.4 Å². The van der Waals surface area contributed by atoms with Crippen molar-refractivity contribution in [2.75, 3.05) is 6.61 Å². The quantitative estimate of drug-likeness (QED) is 0.0190. The lowest BCUT2D eigenvalue weighted by molar-refractivity contribution is 0.0717. The van der Waals surface area contributed by atoms with Crippen LogP contribution >= 0.6 is 11.6 Å². The highest BCUT2D eigenvalue weighted by Crippen LogP contribution is 2.37. The smallest absolute Gasteiger partial charge is 0.343 e. The van der Waals surface area contributed by atoms with E-state index in [0.717, 1.165) is 51.4 Å². The van der Waals surface area contributed by atoms with Gasteiger partial charge in [0, 0.05) is 0 Å². The van der Waals surface area contributed by atoms with Gasteiger partial charge in [0.25, 0.3) is 0 Å². The van der Waals surface area contributed by atoms with Gasteiger partial charge in [0.05, 0.1) is 28.9 Å². The zero-order chi connectivity index (χ0) is 43.8. The van der Waals surface area contributed by atoms with Crippen molar-refractivity contribution < 1.29 is 44.8 Å². The number of ether oxygens (including phenoxy) is 3. The Hall–Kier alpha value is -2.69. The largest absolute Gasteiger partial charge is 0.494 e. The Morgan fingerprint density at radius 2 is 1.25 bits per heavy atom. The van der Waals surface area contributed by atoms with E-state index in [9.17, 15) is 4.79 Å². The van der Waals surface area contributed by atoms with Crippen LogP contribution in [0.5, 0.6) is 17.2 Å². The number of halogens is 5. The third-order valence-corrected chi connectivity index (χ3v) is 20.2. The third-order valence-electron chi connectivity index (χ3n) is 9.79. The zero-order valence-electron chi connectivity index (χ0n) is 36.8. The number of esters is 1. The number of benzene rings is 3. The molecule has 14 heteroatoms. The fourth-order valence-electron chi connectivity index (χ4n) is 7.24. The summed E-state index contributed by atoms with van der Waals surface area (Å²) in [7, 11) is -5.44. The lowest BCUT2D eigenvalue weighted by atomic mass is 10.0.